The van der Waals surface area contributed by atoms with Crippen molar-refractivity contribution in [3.63, 3.8) is 0 Å². The van der Waals surface area contributed by atoms with Crippen molar-refractivity contribution in [3.05, 3.63) is 12.7 Å². The van der Waals surface area contributed by atoms with Gasteiger partial charge in [-0.05, 0) is 19.3 Å². The molecule has 0 unspecified atom stereocenters. The van der Waals surface area contributed by atoms with E-state index in [1.165, 1.54) is 25.7 Å². The number of carboxylic acids is 1. The van der Waals surface area contributed by atoms with Crippen LogP contribution in [0.5, 0.6) is 0 Å². The van der Waals surface area contributed by atoms with Gasteiger partial charge in [0.05, 0.1) is 0 Å². The fourth-order valence-corrected chi connectivity index (χ4v) is 1.27. The summed E-state index contributed by atoms with van der Waals surface area (Å²) in [6.07, 6.45) is 10.1. The van der Waals surface area contributed by atoms with Crippen molar-refractivity contribution in [2.24, 2.45) is 0 Å². The summed E-state index contributed by atoms with van der Waals surface area (Å²) in [5, 5.41) is 8.38. The normalized spacial score (nSPS) is 9.14. The molecule has 0 rings (SSSR count). The molecule has 0 radical (unpaired) electrons. The minimum Gasteiger partial charge on any atom is -0.481 e. The predicted molar refractivity (Wildman–Crippen MR) is 65.1 cm³/mol. The van der Waals surface area contributed by atoms with Gasteiger partial charge in [-0.3, -0.25) is 4.79 Å². The summed E-state index contributed by atoms with van der Waals surface area (Å²) in [7, 11) is 0. The monoisotopic (exact) mass is 264 g/mol. The van der Waals surface area contributed by atoms with E-state index in [1.807, 2.05) is 6.08 Å². The average Bonchev–Trinajstić information content (AvgIpc) is 2.09. The summed E-state index contributed by atoms with van der Waals surface area (Å²) in [5.74, 6) is -0.674. The largest absolute Gasteiger partial charge is 0.481 e. The molecule has 0 aliphatic heterocycles. The fraction of sp³-hybridized carbons (Fsp3) is 0.727. The number of hydrogen-bond donors (Lipinski definition) is 1. The Labute approximate surface area is 97.2 Å². The van der Waals surface area contributed by atoms with E-state index in [-0.39, 0.29) is 17.0 Å². The van der Waals surface area contributed by atoms with E-state index in [4.69, 9.17) is 5.11 Å². The van der Waals surface area contributed by atoms with Gasteiger partial charge >= 0.3 is 5.97 Å². The Balaban J connectivity index is 0. The number of hydrogen-bond acceptors (Lipinski definition) is 1. The molecular weight excluding hydrogens is 244 g/mol. The van der Waals surface area contributed by atoms with Crippen LogP contribution in [0.15, 0.2) is 12.7 Å². The number of carbonyl (C=O) groups is 1. The van der Waals surface area contributed by atoms with Crippen LogP contribution < -0.4 is 0 Å². The van der Waals surface area contributed by atoms with Crippen molar-refractivity contribution in [1.29, 1.82) is 0 Å². The molecule has 0 fully saturated rings. The highest BCUT2D eigenvalue weighted by molar-refractivity contribution is 8.93. The Hall–Kier alpha value is -0.310. The lowest BCUT2D eigenvalue weighted by atomic mass is 10.1. The summed E-state index contributed by atoms with van der Waals surface area (Å²) in [5.41, 5.74) is 0. The molecule has 0 amide bonds. The lowest BCUT2D eigenvalue weighted by Gasteiger charge is -1.98. The third-order valence-corrected chi connectivity index (χ3v) is 2.05. The van der Waals surface area contributed by atoms with E-state index in [9.17, 15) is 4.79 Å². The number of rotatable bonds is 9. The molecule has 0 saturated carbocycles. The number of allylic oxidation sites excluding steroid dienone is 1. The molecule has 0 atom stereocenters. The van der Waals surface area contributed by atoms with E-state index < -0.39 is 5.97 Å². The molecule has 0 spiro atoms. The lowest BCUT2D eigenvalue weighted by molar-refractivity contribution is -0.137. The second kappa shape index (κ2) is 12.7. The van der Waals surface area contributed by atoms with Gasteiger partial charge < -0.3 is 5.11 Å². The zero-order chi connectivity index (χ0) is 9.94. The second-order valence-electron chi connectivity index (χ2n) is 3.34. The highest BCUT2D eigenvalue weighted by Gasteiger charge is 1.95. The average molecular weight is 265 g/mol. The Kier molecular flexibility index (Phi) is 14.6. The molecule has 3 heteroatoms. The lowest BCUT2D eigenvalue weighted by Crippen LogP contribution is -1.93. The molecule has 2 nitrogen and oxygen atoms in total. The molecule has 0 saturated heterocycles. The molecule has 0 aromatic carbocycles. The molecule has 0 bridgehead atoms. The van der Waals surface area contributed by atoms with Gasteiger partial charge in [0.2, 0.25) is 0 Å². The maximum absolute atomic E-state index is 10.2. The van der Waals surface area contributed by atoms with E-state index in [2.05, 4.69) is 6.58 Å². The Morgan fingerprint density at radius 3 is 2.07 bits per heavy atom. The van der Waals surface area contributed by atoms with Gasteiger partial charge in [0.15, 0.2) is 0 Å². The van der Waals surface area contributed by atoms with Crippen molar-refractivity contribution in [3.8, 4) is 0 Å². The maximum Gasteiger partial charge on any atom is 0.303 e. The van der Waals surface area contributed by atoms with Crippen molar-refractivity contribution in [2.45, 2.75) is 51.4 Å². The Bertz CT molecular complexity index is 146. The van der Waals surface area contributed by atoms with Gasteiger partial charge in [0, 0.05) is 6.42 Å². The molecule has 0 aliphatic rings. The van der Waals surface area contributed by atoms with Crippen LogP contribution in [0.4, 0.5) is 0 Å². The molecule has 0 aliphatic carbocycles. The summed E-state index contributed by atoms with van der Waals surface area (Å²) >= 11 is 0. The summed E-state index contributed by atoms with van der Waals surface area (Å²) in [6.45, 7) is 3.66. The molecule has 0 heterocycles. The highest BCUT2D eigenvalue weighted by atomic mass is 79.9. The van der Waals surface area contributed by atoms with Crippen molar-refractivity contribution in [2.75, 3.05) is 0 Å². The van der Waals surface area contributed by atoms with Crippen LogP contribution in [-0.4, -0.2) is 11.1 Å². The van der Waals surface area contributed by atoms with Crippen molar-refractivity contribution < 1.29 is 9.90 Å². The van der Waals surface area contributed by atoms with Crippen LogP contribution >= 0.6 is 17.0 Å². The van der Waals surface area contributed by atoms with Gasteiger partial charge in [-0.25, -0.2) is 0 Å². The molecule has 84 valence electrons. The van der Waals surface area contributed by atoms with Gasteiger partial charge in [-0.2, -0.15) is 0 Å². The molecule has 1 N–H and O–H groups in total. The summed E-state index contributed by atoms with van der Waals surface area (Å²) in [6, 6.07) is 0. The first-order chi connectivity index (χ1) is 6.27. The minimum atomic E-state index is -0.674. The quantitative estimate of drug-likeness (QED) is 0.506. The van der Waals surface area contributed by atoms with E-state index in [0.717, 1.165) is 19.3 Å². The smallest absolute Gasteiger partial charge is 0.303 e. The highest BCUT2D eigenvalue weighted by Crippen LogP contribution is 2.08. The fourth-order valence-electron chi connectivity index (χ4n) is 1.27. The Morgan fingerprint density at radius 2 is 1.57 bits per heavy atom. The molecule has 14 heavy (non-hydrogen) atoms. The van der Waals surface area contributed by atoms with Crippen LogP contribution in [0.1, 0.15) is 51.4 Å². The number of unbranched alkanes of at least 4 members (excludes halogenated alkanes) is 6. The SMILES string of the molecule is Br.C=CCCCCCCCCC(=O)O. The maximum atomic E-state index is 10.2. The second-order valence-corrected chi connectivity index (χ2v) is 3.34. The first-order valence-corrected chi connectivity index (χ1v) is 5.10. The topological polar surface area (TPSA) is 37.3 Å². The van der Waals surface area contributed by atoms with E-state index >= 15 is 0 Å². The van der Waals surface area contributed by atoms with Crippen LogP contribution in [-0.2, 0) is 4.79 Å². The van der Waals surface area contributed by atoms with Gasteiger partial charge in [0.1, 0.15) is 0 Å². The molecule has 0 aromatic heterocycles. The van der Waals surface area contributed by atoms with Crippen LogP contribution in [0.25, 0.3) is 0 Å². The zero-order valence-corrected chi connectivity index (χ0v) is 10.4. The zero-order valence-electron chi connectivity index (χ0n) is 8.71. The van der Waals surface area contributed by atoms with E-state index in [0.29, 0.717) is 6.42 Å². The summed E-state index contributed by atoms with van der Waals surface area (Å²) < 4.78 is 0. The van der Waals surface area contributed by atoms with Gasteiger partial charge in [0.25, 0.3) is 0 Å². The van der Waals surface area contributed by atoms with Crippen LogP contribution in [0.2, 0.25) is 0 Å². The first-order valence-electron chi connectivity index (χ1n) is 5.10. The van der Waals surface area contributed by atoms with Crippen LogP contribution in [0, 0.1) is 0 Å². The molecule has 0 aromatic rings. The third kappa shape index (κ3) is 14.2. The van der Waals surface area contributed by atoms with Crippen LogP contribution in [0.3, 0.4) is 0 Å². The Morgan fingerprint density at radius 1 is 1.07 bits per heavy atom. The molecular formula is C11H21BrO2. The number of halogens is 1. The predicted octanol–water partition coefficient (Wildman–Crippen LogP) is 3.96. The van der Waals surface area contributed by atoms with E-state index in [1.54, 1.807) is 0 Å². The van der Waals surface area contributed by atoms with Gasteiger partial charge in [-0.15, -0.1) is 23.6 Å². The summed E-state index contributed by atoms with van der Waals surface area (Å²) in [4.78, 5) is 10.2. The number of aliphatic carboxylic acids is 1. The number of carboxylic acid groups (broad SMARTS) is 1. The third-order valence-electron chi connectivity index (χ3n) is 2.05. The van der Waals surface area contributed by atoms with Crippen molar-refractivity contribution in [1.82, 2.24) is 0 Å². The standard InChI is InChI=1S/C11H20O2.BrH/c1-2-3-4-5-6-7-8-9-10-11(12)13;/h2H,1,3-10H2,(H,12,13);1H. The van der Waals surface area contributed by atoms with Gasteiger partial charge in [-0.1, -0.05) is 31.8 Å². The first kappa shape index (κ1) is 16.1. The van der Waals surface area contributed by atoms with Crippen molar-refractivity contribution >= 4 is 23.0 Å². The minimum absolute atomic E-state index is 0.